The number of anilines is 1. The molecule has 8 rings (SSSR count). The first-order valence-corrected chi connectivity index (χ1v) is 28.6. The van der Waals surface area contributed by atoms with Crippen molar-refractivity contribution in [2.75, 3.05) is 24.2 Å². The lowest BCUT2D eigenvalue weighted by atomic mass is 10.1. The molecule has 0 radical (unpaired) electrons. The van der Waals surface area contributed by atoms with Gasteiger partial charge in [0.05, 0.1) is 11.8 Å². The Balaban J connectivity index is 0.000000226. The molecule has 0 aliphatic carbocycles. The Labute approximate surface area is 534 Å². The zero-order valence-corrected chi connectivity index (χ0v) is 50.6. The summed E-state index contributed by atoms with van der Waals surface area (Å²) in [7, 11) is 0. The molecule has 0 aliphatic rings. The number of rotatable bonds is 23. The molecule has 7 aromatic heterocycles. The van der Waals surface area contributed by atoms with Crippen molar-refractivity contribution >= 4 is 70.7 Å². The Morgan fingerprint density at radius 3 is 1.44 bits per heavy atom. The minimum atomic E-state index is -1.22. The standard InChI is InChI=1S/C19H21N3O4S.C16H16N4O5.C14H13N3O4.C13H13N3O4/c1-13(21-19(25)26-11-15-4-3-9-20-10-15)16-5-7-17(8-6-16)22-18(24)12-27-14(2)23;21-14(12-3-5-18-13(8-12)15(22)23)19-6-7-20-16(24)25-10-11-2-1-4-17-9-11;18-13(19)12-6-10(3-5-16-12)8-17-14(20)21-9-11-2-1-4-15-7-11;17-12-6-10(3-5-16(12)19)8-15-13(18)20-9-11-2-1-4-14-7-11/h3-10,13H,11-12H2,1-2H3,(H,21,25)(H,22,24);1-5,8-9H,6-7,10H2,(H,19,21)(H,20,24)(H,22,23);1-7H,8-9H2,(H,17,20)(H,18,19);1-7,19H,8-9H2,(H,15,18)/t13-;;;/m1.../s1. The molecule has 0 unspecified atom stereocenters. The number of carboxylic acid groups (broad SMARTS) is 2. The largest absolute Gasteiger partial charge is 0.477 e. The number of nitrogens with one attached hydrogen (secondary N) is 6. The van der Waals surface area contributed by atoms with Crippen LogP contribution in [-0.2, 0) is 68.1 Å². The fourth-order valence-electron chi connectivity index (χ4n) is 7.01. The molecule has 1 aromatic carbocycles. The van der Waals surface area contributed by atoms with Crippen LogP contribution in [0, 0.1) is 0 Å². The third-order valence-electron chi connectivity index (χ3n) is 11.6. The summed E-state index contributed by atoms with van der Waals surface area (Å²) in [5.74, 6) is -2.95. The first-order chi connectivity index (χ1) is 44.8. The van der Waals surface area contributed by atoms with Crippen molar-refractivity contribution in [3.8, 4) is 0 Å². The quantitative estimate of drug-likeness (QED) is 0.0184. The minimum absolute atomic E-state index is 0.0713. The van der Waals surface area contributed by atoms with Gasteiger partial charge in [0.1, 0.15) is 37.8 Å². The van der Waals surface area contributed by atoms with Gasteiger partial charge in [0.15, 0.2) is 5.12 Å². The number of pyridine rings is 7. The second-order valence-corrected chi connectivity index (χ2v) is 19.9. The molecule has 31 heteroatoms. The van der Waals surface area contributed by atoms with Crippen molar-refractivity contribution in [3.63, 3.8) is 0 Å². The first-order valence-electron chi connectivity index (χ1n) is 27.6. The molecule has 0 aliphatic heterocycles. The molecule has 1 atom stereocenters. The van der Waals surface area contributed by atoms with Crippen LogP contribution in [0.1, 0.15) is 90.2 Å². The molecule has 0 saturated carbocycles. The molecule has 9 N–H and O–H groups in total. The van der Waals surface area contributed by atoms with E-state index in [0.717, 1.165) is 39.6 Å². The van der Waals surface area contributed by atoms with Crippen LogP contribution in [0.15, 0.2) is 182 Å². The van der Waals surface area contributed by atoms with E-state index in [1.54, 1.807) is 122 Å². The Morgan fingerprint density at radius 2 is 0.978 bits per heavy atom. The summed E-state index contributed by atoms with van der Waals surface area (Å²) in [6, 6.07) is 29.4. The maximum Gasteiger partial charge on any atom is 0.407 e. The summed E-state index contributed by atoms with van der Waals surface area (Å²) in [6.07, 6.45) is 14.5. The van der Waals surface area contributed by atoms with E-state index in [9.17, 15) is 47.9 Å². The number of aromatic nitrogens is 7. The van der Waals surface area contributed by atoms with Crippen LogP contribution in [0.5, 0.6) is 0 Å². The van der Waals surface area contributed by atoms with E-state index in [-0.39, 0.29) is 92.4 Å². The Hall–Kier alpha value is -12.2. The van der Waals surface area contributed by atoms with E-state index in [1.807, 2.05) is 13.0 Å². The van der Waals surface area contributed by atoms with E-state index in [0.29, 0.717) is 21.5 Å². The van der Waals surface area contributed by atoms with Gasteiger partial charge in [-0.1, -0.05) is 48.2 Å². The lowest BCUT2D eigenvalue weighted by molar-refractivity contribution is -0.114. The van der Waals surface area contributed by atoms with Gasteiger partial charge in [-0.05, 0) is 90.3 Å². The van der Waals surface area contributed by atoms with E-state index >= 15 is 0 Å². The number of carboxylic acids is 2. The number of thioether (sulfide) groups is 1. The highest BCUT2D eigenvalue weighted by molar-refractivity contribution is 8.14. The predicted molar refractivity (Wildman–Crippen MR) is 332 cm³/mol. The third-order valence-corrected chi connectivity index (χ3v) is 12.4. The molecule has 8 aromatic rings. The number of carbonyl (C=O) groups is 9. The van der Waals surface area contributed by atoms with Gasteiger partial charge >= 0.3 is 36.3 Å². The Morgan fingerprint density at radius 1 is 0.527 bits per heavy atom. The van der Waals surface area contributed by atoms with Gasteiger partial charge in [0.25, 0.3) is 11.5 Å². The number of ether oxygens (including phenoxy) is 4. The van der Waals surface area contributed by atoms with Gasteiger partial charge in [0, 0.05) is 141 Å². The second kappa shape index (κ2) is 39.7. The molecule has 7 heterocycles. The summed E-state index contributed by atoms with van der Waals surface area (Å²) in [5.41, 5.74) is 5.14. The van der Waals surface area contributed by atoms with Crippen molar-refractivity contribution in [1.29, 1.82) is 0 Å². The van der Waals surface area contributed by atoms with Gasteiger partial charge < -0.3 is 66.3 Å². The number of nitrogens with zero attached hydrogens (tertiary/aromatic N) is 7. The number of hydrogen-bond donors (Lipinski definition) is 9. The van der Waals surface area contributed by atoms with Crippen LogP contribution in [0.3, 0.4) is 0 Å². The number of benzene rings is 1. The zero-order chi connectivity index (χ0) is 67.2. The van der Waals surface area contributed by atoms with Crippen molar-refractivity contribution in [2.45, 2.75) is 59.4 Å². The topological polar surface area (TPSA) is 423 Å². The van der Waals surface area contributed by atoms with Crippen molar-refractivity contribution < 1.29 is 77.5 Å². The molecule has 93 heavy (non-hydrogen) atoms. The lowest BCUT2D eigenvalue weighted by Crippen LogP contribution is -2.35. The van der Waals surface area contributed by atoms with Crippen LogP contribution in [0.2, 0.25) is 0 Å². The molecule has 0 spiro atoms. The van der Waals surface area contributed by atoms with Gasteiger partial charge in [0.2, 0.25) is 5.91 Å². The third kappa shape index (κ3) is 29.1. The van der Waals surface area contributed by atoms with E-state index in [4.69, 9.17) is 34.4 Å². The van der Waals surface area contributed by atoms with E-state index in [2.05, 4.69) is 61.8 Å². The number of amides is 6. The Bertz CT molecular complexity index is 3790. The zero-order valence-electron chi connectivity index (χ0n) is 49.8. The van der Waals surface area contributed by atoms with Crippen LogP contribution in [0.4, 0.5) is 24.9 Å². The smallest absolute Gasteiger partial charge is 0.407 e. The number of carbonyl (C=O) groups excluding carboxylic acids is 7. The van der Waals surface area contributed by atoms with Crippen LogP contribution < -0.4 is 37.5 Å². The van der Waals surface area contributed by atoms with Gasteiger partial charge in [-0.25, -0.2) is 38.7 Å². The minimum Gasteiger partial charge on any atom is -0.477 e. The first kappa shape index (κ1) is 71.6. The van der Waals surface area contributed by atoms with Crippen molar-refractivity contribution in [1.82, 2.24) is 61.2 Å². The van der Waals surface area contributed by atoms with Crippen LogP contribution in [0.25, 0.3) is 0 Å². The van der Waals surface area contributed by atoms with Gasteiger partial charge in [-0.2, -0.15) is 4.73 Å². The molecular formula is C62H63N13O17S. The molecule has 6 amide bonds. The fraction of sp³-hybridized carbons (Fsp3) is 0.194. The highest BCUT2D eigenvalue weighted by atomic mass is 32.2. The maximum atomic E-state index is 11.9. The summed E-state index contributed by atoms with van der Waals surface area (Å²) >= 11 is 0.960. The summed E-state index contributed by atoms with van der Waals surface area (Å²) in [4.78, 5) is 137. The normalized spacial score (nSPS) is 10.3. The molecule has 0 fully saturated rings. The number of aromatic carboxylic acids is 2. The predicted octanol–water partition coefficient (Wildman–Crippen LogP) is 6.63. The second-order valence-electron chi connectivity index (χ2n) is 18.8. The average Bonchev–Trinajstić information content (AvgIpc) is 2.29. The lowest BCUT2D eigenvalue weighted by Gasteiger charge is -2.15. The molecule has 30 nitrogen and oxygen atoms in total. The highest BCUT2D eigenvalue weighted by Gasteiger charge is 2.14. The van der Waals surface area contributed by atoms with Crippen molar-refractivity contribution in [3.05, 3.63) is 244 Å². The van der Waals surface area contributed by atoms with E-state index < -0.39 is 47.8 Å². The Kier molecular flexibility index (Phi) is 30.6. The summed E-state index contributed by atoms with van der Waals surface area (Å²) in [6.45, 7) is 4.37. The molecule has 484 valence electrons. The van der Waals surface area contributed by atoms with Gasteiger partial charge in [-0.15, -0.1) is 0 Å². The highest BCUT2D eigenvalue weighted by Crippen LogP contribution is 2.17. The van der Waals surface area contributed by atoms with E-state index in [1.165, 1.54) is 55.8 Å². The molecular weight excluding hydrogens is 1230 g/mol. The number of alkyl carbamates (subject to hydrolysis) is 4. The molecule has 0 bridgehead atoms. The van der Waals surface area contributed by atoms with Crippen molar-refractivity contribution in [2.24, 2.45) is 0 Å². The summed E-state index contributed by atoms with van der Waals surface area (Å²) < 4.78 is 20.6. The number of hydrogen-bond acceptors (Lipinski definition) is 22. The average molecular weight is 1290 g/mol. The molecule has 0 saturated heterocycles. The van der Waals surface area contributed by atoms with Crippen LogP contribution in [-0.4, -0.2) is 122 Å². The van der Waals surface area contributed by atoms with Gasteiger partial charge in [-0.3, -0.25) is 39.1 Å². The van der Waals surface area contributed by atoms with Crippen LogP contribution >= 0.6 is 11.8 Å². The summed E-state index contributed by atoms with van der Waals surface area (Å²) in [5, 5.41) is 42.1. The SMILES string of the molecule is CC(=O)SCC(=O)Nc1ccc([C@@H](C)NC(=O)OCc2cccnc2)cc1.O=C(NCCNC(=O)c1ccnc(C(=O)O)c1)OCc1cccnc1.O=C(NCc1ccn(O)c(=O)c1)OCc1cccnc1.O=C(NCc1ccnc(C(=O)O)c1)OCc1cccnc1. The maximum absolute atomic E-state index is 11.9. The monoisotopic (exact) mass is 1290 g/mol. The fourth-order valence-corrected chi connectivity index (χ4v) is 7.41.